The number of hydrogen-bond acceptors (Lipinski definition) is 2. The highest BCUT2D eigenvalue weighted by molar-refractivity contribution is 14.1. The zero-order chi connectivity index (χ0) is 11.8. The molecule has 0 aromatic heterocycles. The van der Waals surface area contributed by atoms with Crippen LogP contribution >= 0.6 is 22.6 Å². The van der Waals surface area contributed by atoms with E-state index in [1.54, 1.807) is 0 Å². The number of carbonyl (C=O) groups excluding carboxylic acids is 1. The normalized spacial score (nSPS) is 12.3. The molecule has 3 rings (SSSR count). The molecule has 0 spiro atoms. The SMILES string of the molecule is O=Cc1cccc2c1Nc1ccc(I)cc1C2. The number of anilines is 2. The van der Waals surface area contributed by atoms with Crippen LogP contribution < -0.4 is 5.32 Å². The van der Waals surface area contributed by atoms with Gasteiger partial charge in [-0.25, -0.2) is 0 Å². The molecule has 2 aromatic rings. The van der Waals surface area contributed by atoms with Crippen LogP contribution in [0.15, 0.2) is 36.4 Å². The lowest BCUT2D eigenvalue weighted by molar-refractivity contribution is 0.112. The van der Waals surface area contributed by atoms with Crippen LogP contribution in [-0.2, 0) is 6.42 Å². The van der Waals surface area contributed by atoms with Gasteiger partial charge in [0.25, 0.3) is 0 Å². The molecule has 3 heteroatoms. The summed E-state index contributed by atoms with van der Waals surface area (Å²) < 4.78 is 1.23. The molecule has 0 unspecified atom stereocenters. The fourth-order valence-corrected chi connectivity index (χ4v) is 2.74. The van der Waals surface area contributed by atoms with E-state index in [1.165, 1.54) is 14.7 Å². The first kappa shape index (κ1) is 10.8. The number of aldehydes is 1. The van der Waals surface area contributed by atoms with Crippen LogP contribution in [0.4, 0.5) is 11.4 Å². The smallest absolute Gasteiger partial charge is 0.152 e. The summed E-state index contributed by atoms with van der Waals surface area (Å²) in [6.07, 6.45) is 1.79. The van der Waals surface area contributed by atoms with Gasteiger partial charge >= 0.3 is 0 Å². The Balaban J connectivity index is 2.13. The van der Waals surface area contributed by atoms with Gasteiger partial charge < -0.3 is 5.32 Å². The average Bonchev–Trinajstić information content (AvgIpc) is 2.35. The maximum absolute atomic E-state index is 11.0. The number of carbonyl (C=O) groups is 1. The van der Waals surface area contributed by atoms with E-state index in [9.17, 15) is 4.79 Å². The second kappa shape index (κ2) is 4.14. The molecule has 0 saturated carbocycles. The van der Waals surface area contributed by atoms with E-state index in [4.69, 9.17) is 0 Å². The minimum atomic E-state index is 0.728. The van der Waals surface area contributed by atoms with Crippen molar-refractivity contribution in [1.82, 2.24) is 0 Å². The fraction of sp³-hybridized carbons (Fsp3) is 0.0714. The Hall–Kier alpha value is -1.36. The molecule has 1 N–H and O–H groups in total. The van der Waals surface area contributed by atoms with E-state index in [1.807, 2.05) is 12.1 Å². The monoisotopic (exact) mass is 335 g/mol. The lowest BCUT2D eigenvalue weighted by Crippen LogP contribution is -2.09. The molecule has 0 saturated heterocycles. The largest absolute Gasteiger partial charge is 0.354 e. The molecule has 1 heterocycles. The van der Waals surface area contributed by atoms with Gasteiger partial charge in [-0.3, -0.25) is 4.79 Å². The maximum atomic E-state index is 11.0. The van der Waals surface area contributed by atoms with Gasteiger partial charge in [0.2, 0.25) is 0 Å². The van der Waals surface area contributed by atoms with E-state index >= 15 is 0 Å². The van der Waals surface area contributed by atoms with Crippen molar-refractivity contribution in [2.45, 2.75) is 6.42 Å². The van der Waals surface area contributed by atoms with Crippen molar-refractivity contribution in [1.29, 1.82) is 0 Å². The lowest BCUT2D eigenvalue weighted by Gasteiger charge is -2.22. The third kappa shape index (κ3) is 1.84. The minimum Gasteiger partial charge on any atom is -0.354 e. The Morgan fingerprint density at radius 1 is 1.18 bits per heavy atom. The lowest BCUT2D eigenvalue weighted by atomic mass is 9.95. The molecule has 0 radical (unpaired) electrons. The van der Waals surface area contributed by atoms with Crippen LogP contribution in [-0.4, -0.2) is 6.29 Å². The first-order valence-corrected chi connectivity index (χ1v) is 6.48. The van der Waals surface area contributed by atoms with Crippen molar-refractivity contribution >= 4 is 40.3 Å². The van der Waals surface area contributed by atoms with E-state index < -0.39 is 0 Å². The first-order chi connectivity index (χ1) is 8.28. The van der Waals surface area contributed by atoms with Crippen molar-refractivity contribution in [2.75, 3.05) is 5.32 Å². The van der Waals surface area contributed by atoms with E-state index in [0.717, 1.165) is 29.6 Å². The standard InChI is InChI=1S/C14H10INO/c15-12-4-5-13-11(7-12)6-9-2-1-3-10(8-17)14(9)16-13/h1-5,7-8,16H,6H2. The summed E-state index contributed by atoms with van der Waals surface area (Å²) in [5.41, 5.74) is 5.26. The number of benzene rings is 2. The van der Waals surface area contributed by atoms with Crippen LogP contribution in [0.5, 0.6) is 0 Å². The highest BCUT2D eigenvalue weighted by atomic mass is 127. The number of hydrogen-bond donors (Lipinski definition) is 1. The van der Waals surface area contributed by atoms with Crippen molar-refractivity contribution in [3.8, 4) is 0 Å². The minimum absolute atomic E-state index is 0.728. The Kier molecular flexibility index (Phi) is 2.63. The molecule has 0 fully saturated rings. The topological polar surface area (TPSA) is 29.1 Å². The molecule has 2 nitrogen and oxygen atoms in total. The van der Waals surface area contributed by atoms with Gasteiger partial charge in [-0.2, -0.15) is 0 Å². The number of para-hydroxylation sites is 1. The predicted molar refractivity (Wildman–Crippen MR) is 77.1 cm³/mol. The Morgan fingerprint density at radius 2 is 2.06 bits per heavy atom. The molecular formula is C14H10INO. The second-order valence-corrected chi connectivity index (χ2v) is 5.35. The highest BCUT2D eigenvalue weighted by Gasteiger charge is 2.17. The summed E-state index contributed by atoms with van der Waals surface area (Å²) >= 11 is 2.32. The Bertz CT molecular complexity index is 607. The summed E-state index contributed by atoms with van der Waals surface area (Å²) in [5, 5.41) is 3.35. The van der Waals surface area contributed by atoms with E-state index in [-0.39, 0.29) is 0 Å². The van der Waals surface area contributed by atoms with Gasteiger partial charge in [-0.15, -0.1) is 0 Å². The van der Waals surface area contributed by atoms with Gasteiger partial charge in [0, 0.05) is 21.2 Å². The predicted octanol–water partition coefficient (Wildman–Crippen LogP) is 3.75. The summed E-state index contributed by atoms with van der Waals surface area (Å²) in [5.74, 6) is 0. The van der Waals surface area contributed by atoms with E-state index in [0.29, 0.717) is 0 Å². The van der Waals surface area contributed by atoms with Crippen LogP contribution in [0.25, 0.3) is 0 Å². The van der Waals surface area contributed by atoms with Crippen LogP contribution in [0.1, 0.15) is 21.5 Å². The summed E-state index contributed by atoms with van der Waals surface area (Å²) in [6.45, 7) is 0. The van der Waals surface area contributed by atoms with Crippen LogP contribution in [0.2, 0.25) is 0 Å². The zero-order valence-electron chi connectivity index (χ0n) is 9.03. The molecular weight excluding hydrogens is 325 g/mol. The van der Waals surface area contributed by atoms with Gasteiger partial charge in [-0.05, 0) is 58.0 Å². The second-order valence-electron chi connectivity index (χ2n) is 4.10. The zero-order valence-corrected chi connectivity index (χ0v) is 11.2. The maximum Gasteiger partial charge on any atom is 0.152 e. The van der Waals surface area contributed by atoms with Crippen molar-refractivity contribution in [2.24, 2.45) is 0 Å². The van der Waals surface area contributed by atoms with Crippen LogP contribution in [0, 0.1) is 3.57 Å². The molecule has 17 heavy (non-hydrogen) atoms. The Labute approximate surface area is 113 Å². The summed E-state index contributed by atoms with van der Waals surface area (Å²) in [4.78, 5) is 11.0. The third-order valence-electron chi connectivity index (χ3n) is 3.02. The highest BCUT2D eigenvalue weighted by Crippen LogP contribution is 2.35. The van der Waals surface area contributed by atoms with Gasteiger partial charge in [0.05, 0.1) is 5.69 Å². The number of nitrogens with one attached hydrogen (secondary N) is 1. The van der Waals surface area contributed by atoms with Crippen molar-refractivity contribution < 1.29 is 4.79 Å². The molecule has 0 atom stereocenters. The number of halogens is 1. The number of rotatable bonds is 1. The molecule has 84 valence electrons. The quantitative estimate of drug-likeness (QED) is 0.542. The van der Waals surface area contributed by atoms with Crippen molar-refractivity contribution in [3.63, 3.8) is 0 Å². The molecule has 2 aromatic carbocycles. The molecule has 1 aliphatic heterocycles. The van der Waals surface area contributed by atoms with Crippen LogP contribution in [0.3, 0.4) is 0 Å². The summed E-state index contributed by atoms with van der Waals surface area (Å²) in [7, 11) is 0. The van der Waals surface area contributed by atoms with Gasteiger partial charge in [0.15, 0.2) is 6.29 Å². The first-order valence-electron chi connectivity index (χ1n) is 5.40. The molecule has 1 aliphatic rings. The average molecular weight is 335 g/mol. The fourth-order valence-electron chi connectivity index (χ4n) is 2.19. The van der Waals surface area contributed by atoms with E-state index in [2.05, 4.69) is 52.2 Å². The third-order valence-corrected chi connectivity index (χ3v) is 3.69. The Morgan fingerprint density at radius 3 is 2.88 bits per heavy atom. The summed E-state index contributed by atoms with van der Waals surface area (Å²) in [6, 6.07) is 12.2. The molecule has 0 amide bonds. The molecule has 0 aliphatic carbocycles. The number of fused-ring (bicyclic) bond motifs is 2. The van der Waals surface area contributed by atoms with Gasteiger partial charge in [-0.1, -0.05) is 12.1 Å². The molecule has 0 bridgehead atoms. The van der Waals surface area contributed by atoms with Crippen molar-refractivity contribution in [3.05, 3.63) is 56.7 Å². The van der Waals surface area contributed by atoms with Gasteiger partial charge in [0.1, 0.15) is 0 Å².